The Labute approximate surface area is 125 Å². The van der Waals surface area contributed by atoms with Gasteiger partial charge in [0, 0.05) is 11.3 Å². The Morgan fingerprint density at radius 3 is 2.50 bits per heavy atom. The first-order chi connectivity index (χ1) is 9.49. The number of carbonyl (C=O) groups excluding carboxylic acids is 1. The van der Waals surface area contributed by atoms with Crippen LogP contribution in [-0.4, -0.2) is 35.3 Å². The number of thioether (sulfide) groups is 1. The van der Waals surface area contributed by atoms with Gasteiger partial charge in [-0.2, -0.15) is 11.8 Å². The number of carbonyl (C=O) groups is 1. The van der Waals surface area contributed by atoms with E-state index in [9.17, 15) is 9.90 Å². The average Bonchev–Trinajstić information content (AvgIpc) is 2.40. The van der Waals surface area contributed by atoms with Crippen molar-refractivity contribution in [2.75, 3.05) is 12.9 Å². The number of aliphatic hydroxyl groups is 1. The molecule has 2 amide bonds. The van der Waals surface area contributed by atoms with Gasteiger partial charge in [0.15, 0.2) is 0 Å². The highest BCUT2D eigenvalue weighted by molar-refractivity contribution is 7.99. The Morgan fingerprint density at radius 1 is 1.30 bits per heavy atom. The molecule has 0 radical (unpaired) electrons. The van der Waals surface area contributed by atoms with Gasteiger partial charge in [0.25, 0.3) is 0 Å². The van der Waals surface area contributed by atoms with E-state index < -0.39 is 0 Å². The molecule has 1 rings (SSSR count). The summed E-state index contributed by atoms with van der Waals surface area (Å²) in [7, 11) is 0. The minimum atomic E-state index is -0.208. The largest absolute Gasteiger partial charge is 0.395 e. The molecule has 0 fully saturated rings. The molecule has 20 heavy (non-hydrogen) atoms. The highest BCUT2D eigenvalue weighted by Crippen LogP contribution is 2.16. The fourth-order valence-electron chi connectivity index (χ4n) is 2.13. The van der Waals surface area contributed by atoms with E-state index in [1.807, 2.05) is 51.3 Å². The van der Waals surface area contributed by atoms with E-state index in [0.717, 1.165) is 11.1 Å². The smallest absolute Gasteiger partial charge is 0.315 e. The Balaban J connectivity index is 2.56. The number of amides is 2. The van der Waals surface area contributed by atoms with Crippen LogP contribution in [-0.2, 0) is 0 Å². The lowest BCUT2D eigenvalue weighted by Gasteiger charge is -2.23. The van der Waals surface area contributed by atoms with Gasteiger partial charge in [-0.15, -0.1) is 0 Å². The molecule has 0 aromatic heterocycles. The van der Waals surface area contributed by atoms with Crippen LogP contribution in [0.25, 0.3) is 0 Å². The first-order valence-corrected chi connectivity index (χ1v) is 8.04. The maximum atomic E-state index is 12.0. The lowest BCUT2D eigenvalue weighted by Crippen LogP contribution is -2.46. The van der Waals surface area contributed by atoms with E-state index >= 15 is 0 Å². The van der Waals surface area contributed by atoms with Crippen LogP contribution in [0.15, 0.2) is 24.3 Å². The van der Waals surface area contributed by atoms with Crippen molar-refractivity contribution >= 4 is 17.8 Å². The van der Waals surface area contributed by atoms with Crippen LogP contribution in [0, 0.1) is 6.92 Å². The monoisotopic (exact) mass is 296 g/mol. The van der Waals surface area contributed by atoms with Crippen LogP contribution < -0.4 is 10.6 Å². The van der Waals surface area contributed by atoms with Gasteiger partial charge in [-0.1, -0.05) is 24.3 Å². The summed E-state index contributed by atoms with van der Waals surface area (Å²) in [5.41, 5.74) is 2.27. The molecule has 0 bridgehead atoms. The van der Waals surface area contributed by atoms with Crippen molar-refractivity contribution in [2.24, 2.45) is 0 Å². The molecule has 0 heterocycles. The third kappa shape index (κ3) is 4.72. The molecular formula is C15H24N2O2S. The molecule has 0 aliphatic carbocycles. The molecule has 4 nitrogen and oxygen atoms in total. The predicted octanol–water partition coefficient (Wildman–Crippen LogP) is 2.47. The van der Waals surface area contributed by atoms with Gasteiger partial charge < -0.3 is 15.7 Å². The van der Waals surface area contributed by atoms with Crippen LogP contribution in [0.5, 0.6) is 0 Å². The number of hydrogen-bond donors (Lipinski definition) is 3. The predicted molar refractivity (Wildman–Crippen MR) is 85.1 cm³/mol. The van der Waals surface area contributed by atoms with Crippen molar-refractivity contribution in [3.8, 4) is 0 Å². The molecular weight excluding hydrogens is 272 g/mol. The molecule has 0 aliphatic rings. The summed E-state index contributed by atoms with van der Waals surface area (Å²) in [6.07, 6.45) is 1.92. The van der Waals surface area contributed by atoms with Gasteiger partial charge >= 0.3 is 6.03 Å². The van der Waals surface area contributed by atoms with Gasteiger partial charge in [-0.25, -0.2) is 4.79 Å². The standard InChI is InChI=1S/C15H24N2O2S/c1-10-7-5-6-8-13(10)11(2)16-15(19)17-12(3)14(9-18)20-4/h5-8,11-12,14,18H,9H2,1-4H3,(H2,16,17,19). The van der Waals surface area contributed by atoms with Gasteiger partial charge in [0.1, 0.15) is 0 Å². The molecule has 1 aromatic carbocycles. The second-order valence-electron chi connectivity index (χ2n) is 4.94. The number of rotatable bonds is 6. The average molecular weight is 296 g/mol. The fourth-order valence-corrected chi connectivity index (χ4v) is 2.75. The molecule has 112 valence electrons. The molecule has 5 heteroatoms. The first kappa shape index (κ1) is 16.9. The van der Waals surface area contributed by atoms with E-state index in [-0.39, 0.29) is 30.0 Å². The Hall–Kier alpha value is -1.20. The van der Waals surface area contributed by atoms with Crippen LogP contribution in [0.1, 0.15) is 31.0 Å². The number of nitrogens with one attached hydrogen (secondary N) is 2. The summed E-state index contributed by atoms with van der Waals surface area (Å²) >= 11 is 1.55. The normalized spacial score (nSPS) is 15.2. The van der Waals surface area contributed by atoms with Gasteiger partial charge in [0.05, 0.1) is 12.6 Å². The maximum absolute atomic E-state index is 12.0. The van der Waals surface area contributed by atoms with Gasteiger partial charge in [0.2, 0.25) is 0 Å². The lowest BCUT2D eigenvalue weighted by atomic mass is 10.0. The van der Waals surface area contributed by atoms with E-state index in [2.05, 4.69) is 10.6 Å². The number of aryl methyl sites for hydroxylation is 1. The van der Waals surface area contributed by atoms with Crippen molar-refractivity contribution in [1.29, 1.82) is 0 Å². The van der Waals surface area contributed by atoms with Gasteiger partial charge in [-0.3, -0.25) is 0 Å². The molecule has 0 saturated carbocycles. The molecule has 3 atom stereocenters. The van der Waals surface area contributed by atoms with Gasteiger partial charge in [-0.05, 0) is 38.2 Å². The molecule has 0 aliphatic heterocycles. The van der Waals surface area contributed by atoms with Crippen LogP contribution >= 0.6 is 11.8 Å². The van der Waals surface area contributed by atoms with E-state index in [1.54, 1.807) is 11.8 Å². The third-order valence-corrected chi connectivity index (χ3v) is 4.56. The highest BCUT2D eigenvalue weighted by atomic mass is 32.2. The van der Waals surface area contributed by atoms with E-state index in [4.69, 9.17) is 0 Å². The second-order valence-corrected chi connectivity index (χ2v) is 6.02. The summed E-state index contributed by atoms with van der Waals surface area (Å²) in [5.74, 6) is 0. The third-order valence-electron chi connectivity index (χ3n) is 3.40. The highest BCUT2D eigenvalue weighted by Gasteiger charge is 2.18. The number of hydrogen-bond acceptors (Lipinski definition) is 3. The molecule has 3 unspecified atom stereocenters. The number of benzene rings is 1. The maximum Gasteiger partial charge on any atom is 0.315 e. The van der Waals surface area contributed by atoms with Crippen LogP contribution in [0.4, 0.5) is 4.79 Å². The second kappa shape index (κ2) is 8.17. The zero-order valence-electron chi connectivity index (χ0n) is 12.5. The summed E-state index contributed by atoms with van der Waals surface area (Å²) in [5, 5.41) is 15.0. The lowest BCUT2D eigenvalue weighted by molar-refractivity contribution is 0.230. The van der Waals surface area contributed by atoms with Crippen LogP contribution in [0.2, 0.25) is 0 Å². The zero-order chi connectivity index (χ0) is 15.1. The minimum absolute atomic E-state index is 0.00881. The van der Waals surface area contributed by atoms with Crippen LogP contribution in [0.3, 0.4) is 0 Å². The number of aliphatic hydroxyl groups excluding tert-OH is 1. The summed E-state index contributed by atoms with van der Waals surface area (Å²) < 4.78 is 0. The van der Waals surface area contributed by atoms with Crippen molar-refractivity contribution in [2.45, 2.75) is 38.1 Å². The SMILES string of the molecule is CSC(CO)C(C)NC(=O)NC(C)c1ccccc1C. The first-order valence-electron chi connectivity index (χ1n) is 6.75. The molecule has 0 spiro atoms. The molecule has 1 aromatic rings. The van der Waals surface area contributed by atoms with Crippen molar-refractivity contribution in [1.82, 2.24) is 10.6 Å². The minimum Gasteiger partial charge on any atom is -0.395 e. The summed E-state index contributed by atoms with van der Waals surface area (Å²) in [6, 6.07) is 7.66. The zero-order valence-corrected chi connectivity index (χ0v) is 13.3. The Kier molecular flexibility index (Phi) is 6.88. The topological polar surface area (TPSA) is 61.4 Å². The fraction of sp³-hybridized carbons (Fsp3) is 0.533. The summed E-state index contributed by atoms with van der Waals surface area (Å²) in [6.45, 7) is 5.94. The van der Waals surface area contributed by atoms with Crippen molar-refractivity contribution in [3.05, 3.63) is 35.4 Å². The van der Waals surface area contributed by atoms with Crippen molar-refractivity contribution in [3.63, 3.8) is 0 Å². The Bertz CT molecular complexity index is 436. The quantitative estimate of drug-likeness (QED) is 0.756. The van der Waals surface area contributed by atoms with Crippen molar-refractivity contribution < 1.29 is 9.90 Å². The van der Waals surface area contributed by atoms with E-state index in [0.29, 0.717) is 0 Å². The number of urea groups is 1. The summed E-state index contributed by atoms with van der Waals surface area (Å²) in [4.78, 5) is 12.0. The molecule has 0 saturated heterocycles. The Morgan fingerprint density at radius 2 is 1.95 bits per heavy atom. The molecule has 3 N–H and O–H groups in total. The van der Waals surface area contributed by atoms with E-state index in [1.165, 1.54) is 0 Å².